The first-order chi connectivity index (χ1) is 8.72. The highest BCUT2D eigenvalue weighted by atomic mass is 15.2. The van der Waals surface area contributed by atoms with Crippen LogP contribution in [0.25, 0.3) is 0 Å². The molecular formula is C15H21N3. The molecule has 0 bridgehead atoms. The van der Waals surface area contributed by atoms with E-state index in [9.17, 15) is 0 Å². The Kier molecular flexibility index (Phi) is 4.03. The van der Waals surface area contributed by atoms with Crippen LogP contribution in [0.5, 0.6) is 0 Å². The van der Waals surface area contributed by atoms with Crippen LogP contribution in [-0.2, 0) is 13.0 Å². The maximum absolute atomic E-state index is 4.53. The van der Waals surface area contributed by atoms with Gasteiger partial charge in [-0.3, -0.25) is 0 Å². The number of anilines is 2. The predicted octanol–water partition coefficient (Wildman–Crippen LogP) is 3.91. The molecule has 2 rings (SSSR count). The van der Waals surface area contributed by atoms with Gasteiger partial charge in [0.15, 0.2) is 0 Å². The van der Waals surface area contributed by atoms with Gasteiger partial charge in [0.25, 0.3) is 0 Å². The highest BCUT2D eigenvalue weighted by Crippen LogP contribution is 2.18. The smallest absolute Gasteiger partial charge is 0.207 e. The average molecular weight is 243 g/mol. The summed E-state index contributed by atoms with van der Waals surface area (Å²) in [7, 11) is 0. The summed E-state index contributed by atoms with van der Waals surface area (Å²) in [6.45, 7) is 7.37. The van der Waals surface area contributed by atoms with Crippen LogP contribution in [0, 0.1) is 6.92 Å². The van der Waals surface area contributed by atoms with Crippen LogP contribution in [0.3, 0.4) is 0 Å². The van der Waals surface area contributed by atoms with E-state index in [1.54, 1.807) is 0 Å². The Morgan fingerprint density at radius 2 is 2.11 bits per heavy atom. The summed E-state index contributed by atoms with van der Waals surface area (Å²) in [6, 6.07) is 8.50. The lowest BCUT2D eigenvalue weighted by atomic mass is 10.1. The SMILES string of the molecule is CCCn1cc(C)nc1Nc1cccc(CC)c1. The summed E-state index contributed by atoms with van der Waals surface area (Å²) in [5.74, 6) is 0.933. The maximum atomic E-state index is 4.53. The number of imidazole rings is 1. The Hall–Kier alpha value is -1.77. The Balaban J connectivity index is 2.21. The molecule has 0 unspecified atom stereocenters. The second-order valence-corrected chi connectivity index (χ2v) is 4.58. The van der Waals surface area contributed by atoms with Crippen molar-refractivity contribution in [1.29, 1.82) is 0 Å². The van der Waals surface area contributed by atoms with Crippen LogP contribution in [0.2, 0.25) is 0 Å². The van der Waals surface area contributed by atoms with Crippen molar-refractivity contribution >= 4 is 11.6 Å². The van der Waals surface area contributed by atoms with Crippen LogP contribution < -0.4 is 5.32 Å². The van der Waals surface area contributed by atoms with Gasteiger partial charge in [0, 0.05) is 18.4 Å². The Morgan fingerprint density at radius 1 is 1.28 bits per heavy atom. The lowest BCUT2D eigenvalue weighted by molar-refractivity contribution is 0.686. The Labute approximate surface area is 109 Å². The standard InChI is InChI=1S/C15H21N3/c1-4-9-18-11-12(3)16-15(18)17-14-8-6-7-13(5-2)10-14/h6-8,10-11H,4-5,9H2,1-3H3,(H,16,17). The molecule has 0 spiro atoms. The minimum absolute atomic E-state index is 0.933. The molecule has 2 aromatic rings. The van der Waals surface area contributed by atoms with Crippen LogP contribution in [0.1, 0.15) is 31.5 Å². The molecule has 0 fully saturated rings. The highest BCUT2D eigenvalue weighted by molar-refractivity contribution is 5.55. The van der Waals surface area contributed by atoms with Gasteiger partial charge in [0.05, 0.1) is 5.69 Å². The van der Waals surface area contributed by atoms with E-state index in [1.807, 2.05) is 6.92 Å². The number of hydrogen-bond donors (Lipinski definition) is 1. The van der Waals surface area contributed by atoms with Gasteiger partial charge in [-0.15, -0.1) is 0 Å². The molecular weight excluding hydrogens is 222 g/mol. The first-order valence-electron chi connectivity index (χ1n) is 6.62. The van der Waals surface area contributed by atoms with Gasteiger partial charge in [-0.1, -0.05) is 26.0 Å². The van der Waals surface area contributed by atoms with E-state index in [0.29, 0.717) is 0 Å². The third kappa shape index (κ3) is 2.92. The molecule has 0 aliphatic carbocycles. The van der Waals surface area contributed by atoms with Crippen molar-refractivity contribution in [1.82, 2.24) is 9.55 Å². The van der Waals surface area contributed by atoms with Crippen molar-refractivity contribution in [3.8, 4) is 0 Å². The van der Waals surface area contributed by atoms with E-state index >= 15 is 0 Å². The van der Waals surface area contributed by atoms with E-state index in [4.69, 9.17) is 0 Å². The van der Waals surface area contributed by atoms with Crippen molar-refractivity contribution in [3.05, 3.63) is 41.7 Å². The molecule has 0 saturated carbocycles. The zero-order valence-electron chi connectivity index (χ0n) is 11.4. The minimum Gasteiger partial charge on any atom is -0.326 e. The summed E-state index contributed by atoms with van der Waals surface area (Å²) >= 11 is 0. The summed E-state index contributed by atoms with van der Waals surface area (Å²) in [6.07, 6.45) is 4.26. The zero-order valence-corrected chi connectivity index (χ0v) is 11.4. The van der Waals surface area contributed by atoms with Gasteiger partial charge in [-0.2, -0.15) is 0 Å². The van der Waals surface area contributed by atoms with Crippen molar-refractivity contribution in [2.75, 3.05) is 5.32 Å². The largest absolute Gasteiger partial charge is 0.326 e. The van der Waals surface area contributed by atoms with Crippen molar-refractivity contribution < 1.29 is 0 Å². The molecule has 1 aromatic heterocycles. The second kappa shape index (κ2) is 5.71. The van der Waals surface area contributed by atoms with Crippen molar-refractivity contribution in [2.24, 2.45) is 0 Å². The summed E-state index contributed by atoms with van der Waals surface area (Å²) < 4.78 is 2.17. The van der Waals surface area contributed by atoms with E-state index in [-0.39, 0.29) is 0 Å². The maximum Gasteiger partial charge on any atom is 0.207 e. The van der Waals surface area contributed by atoms with E-state index in [2.05, 4.69) is 59.2 Å². The number of benzene rings is 1. The van der Waals surface area contributed by atoms with Crippen LogP contribution in [0.4, 0.5) is 11.6 Å². The fourth-order valence-electron chi connectivity index (χ4n) is 2.06. The van der Waals surface area contributed by atoms with Gasteiger partial charge in [0.2, 0.25) is 5.95 Å². The van der Waals surface area contributed by atoms with Crippen LogP contribution in [-0.4, -0.2) is 9.55 Å². The van der Waals surface area contributed by atoms with Gasteiger partial charge in [-0.05, 0) is 37.5 Å². The Bertz CT molecular complexity index is 514. The number of rotatable bonds is 5. The molecule has 0 aliphatic rings. The predicted molar refractivity (Wildman–Crippen MR) is 76.4 cm³/mol. The lowest BCUT2D eigenvalue weighted by Crippen LogP contribution is -2.02. The molecule has 1 N–H and O–H groups in total. The minimum atomic E-state index is 0.933. The molecule has 0 atom stereocenters. The normalized spacial score (nSPS) is 10.6. The molecule has 3 heteroatoms. The topological polar surface area (TPSA) is 29.9 Å². The molecule has 0 aliphatic heterocycles. The van der Waals surface area contributed by atoms with Gasteiger partial charge >= 0.3 is 0 Å². The number of aromatic nitrogens is 2. The molecule has 0 radical (unpaired) electrons. The summed E-state index contributed by atoms with van der Waals surface area (Å²) in [5, 5.41) is 3.40. The number of nitrogens with one attached hydrogen (secondary N) is 1. The van der Waals surface area contributed by atoms with Crippen molar-refractivity contribution in [2.45, 2.75) is 40.2 Å². The molecule has 96 valence electrons. The highest BCUT2D eigenvalue weighted by Gasteiger charge is 2.05. The quantitative estimate of drug-likeness (QED) is 0.863. The Morgan fingerprint density at radius 3 is 2.83 bits per heavy atom. The number of nitrogens with zero attached hydrogens (tertiary/aromatic N) is 2. The molecule has 0 saturated heterocycles. The van der Waals surface area contributed by atoms with Gasteiger partial charge in [0.1, 0.15) is 0 Å². The van der Waals surface area contributed by atoms with E-state index in [1.165, 1.54) is 5.56 Å². The van der Waals surface area contributed by atoms with Crippen LogP contribution >= 0.6 is 0 Å². The lowest BCUT2D eigenvalue weighted by Gasteiger charge is -2.09. The first kappa shape index (κ1) is 12.7. The molecule has 1 heterocycles. The fraction of sp³-hybridized carbons (Fsp3) is 0.400. The number of aryl methyl sites for hydroxylation is 3. The first-order valence-corrected chi connectivity index (χ1v) is 6.62. The second-order valence-electron chi connectivity index (χ2n) is 4.58. The summed E-state index contributed by atoms with van der Waals surface area (Å²) in [5.41, 5.74) is 3.50. The molecule has 0 amide bonds. The molecule has 3 nitrogen and oxygen atoms in total. The van der Waals surface area contributed by atoms with Gasteiger partial charge in [-0.25, -0.2) is 4.98 Å². The monoisotopic (exact) mass is 243 g/mol. The fourth-order valence-corrected chi connectivity index (χ4v) is 2.06. The van der Waals surface area contributed by atoms with Crippen molar-refractivity contribution in [3.63, 3.8) is 0 Å². The van der Waals surface area contributed by atoms with E-state index < -0.39 is 0 Å². The zero-order chi connectivity index (χ0) is 13.0. The van der Waals surface area contributed by atoms with Gasteiger partial charge < -0.3 is 9.88 Å². The number of hydrogen-bond acceptors (Lipinski definition) is 2. The third-order valence-electron chi connectivity index (χ3n) is 2.95. The van der Waals surface area contributed by atoms with Crippen LogP contribution in [0.15, 0.2) is 30.5 Å². The molecule has 1 aromatic carbocycles. The average Bonchev–Trinajstić information content (AvgIpc) is 2.70. The third-order valence-corrected chi connectivity index (χ3v) is 2.95. The van der Waals surface area contributed by atoms with E-state index in [0.717, 1.165) is 36.7 Å². The molecule has 18 heavy (non-hydrogen) atoms. The summed E-state index contributed by atoms with van der Waals surface area (Å²) in [4.78, 5) is 4.53.